The molecule has 2 rings (SSSR count). The highest BCUT2D eigenvalue weighted by molar-refractivity contribution is 5.70. The number of cyclic esters (lactones) is 1. The van der Waals surface area contributed by atoms with Crippen LogP contribution in [0.1, 0.15) is 26.2 Å². The van der Waals surface area contributed by atoms with Crippen LogP contribution in [0.15, 0.2) is 0 Å². The van der Waals surface area contributed by atoms with Gasteiger partial charge in [-0.15, -0.1) is 0 Å². The molecule has 86 valence electrons. The molecule has 2 saturated heterocycles. The van der Waals surface area contributed by atoms with Crippen LogP contribution >= 0.6 is 0 Å². The highest BCUT2D eigenvalue weighted by Crippen LogP contribution is 2.23. The molecule has 4 unspecified atom stereocenters. The quantitative estimate of drug-likeness (QED) is 0.586. The van der Waals surface area contributed by atoms with Crippen LogP contribution in [0.3, 0.4) is 0 Å². The third-order valence-corrected chi connectivity index (χ3v) is 2.77. The summed E-state index contributed by atoms with van der Waals surface area (Å²) in [4.78, 5) is 11.4. The summed E-state index contributed by atoms with van der Waals surface area (Å²) in [6.07, 6.45) is -0.511. The molecule has 0 spiro atoms. The molecule has 5 heteroatoms. The van der Waals surface area contributed by atoms with Gasteiger partial charge in [0.25, 0.3) is 0 Å². The molecule has 2 aliphatic rings. The van der Waals surface area contributed by atoms with Crippen molar-refractivity contribution < 1.29 is 24.1 Å². The number of hydrogen-bond donors (Lipinski definition) is 1. The lowest BCUT2D eigenvalue weighted by Gasteiger charge is -2.35. The first-order chi connectivity index (χ1) is 7.16. The van der Waals surface area contributed by atoms with Crippen LogP contribution in [0.2, 0.25) is 0 Å². The lowest BCUT2D eigenvalue weighted by atomic mass is 10.1. The lowest BCUT2D eigenvalue weighted by Crippen LogP contribution is -2.48. The molecule has 0 amide bonds. The maximum Gasteiger partial charge on any atom is 0.308 e. The summed E-state index contributed by atoms with van der Waals surface area (Å²) in [6.45, 7) is 2.28. The molecule has 2 heterocycles. The summed E-state index contributed by atoms with van der Waals surface area (Å²) < 4.78 is 15.9. The van der Waals surface area contributed by atoms with Gasteiger partial charge in [-0.3, -0.25) is 4.79 Å². The average molecular weight is 216 g/mol. The van der Waals surface area contributed by atoms with Crippen molar-refractivity contribution in [3.63, 3.8) is 0 Å². The predicted octanol–water partition coefficient (Wildman–Crippen LogP) is 0.204. The largest absolute Gasteiger partial charge is 0.460 e. The Bertz CT molecular complexity index is 236. The van der Waals surface area contributed by atoms with E-state index in [1.54, 1.807) is 6.92 Å². The molecule has 0 saturated carbocycles. The van der Waals surface area contributed by atoms with Crippen molar-refractivity contribution in [3.8, 4) is 0 Å². The van der Waals surface area contributed by atoms with Crippen LogP contribution in [0.4, 0.5) is 0 Å². The van der Waals surface area contributed by atoms with Gasteiger partial charge in [0.2, 0.25) is 0 Å². The van der Waals surface area contributed by atoms with Crippen molar-refractivity contribution in [2.45, 2.75) is 50.8 Å². The minimum absolute atomic E-state index is 0.216. The SMILES string of the molecule is CC1OC(=O)CC2CCCOC1C(O)O2. The van der Waals surface area contributed by atoms with Gasteiger partial charge in [-0.25, -0.2) is 0 Å². The van der Waals surface area contributed by atoms with Gasteiger partial charge in [-0.2, -0.15) is 0 Å². The molecule has 1 N–H and O–H groups in total. The van der Waals surface area contributed by atoms with Crippen LogP contribution in [0.5, 0.6) is 0 Å². The molecule has 2 bridgehead atoms. The van der Waals surface area contributed by atoms with Crippen molar-refractivity contribution in [2.24, 2.45) is 0 Å². The molecule has 5 nitrogen and oxygen atoms in total. The number of aliphatic hydroxyl groups is 1. The first-order valence-electron chi connectivity index (χ1n) is 5.31. The fourth-order valence-corrected chi connectivity index (χ4v) is 1.98. The number of carbonyl (C=O) groups excluding carboxylic acids is 1. The summed E-state index contributed by atoms with van der Waals surface area (Å²) in [5.74, 6) is -0.282. The van der Waals surface area contributed by atoms with E-state index in [0.717, 1.165) is 6.42 Å². The first kappa shape index (κ1) is 10.9. The van der Waals surface area contributed by atoms with Crippen LogP contribution < -0.4 is 0 Å². The maximum atomic E-state index is 11.4. The van der Waals surface area contributed by atoms with Gasteiger partial charge in [0.15, 0.2) is 6.29 Å². The van der Waals surface area contributed by atoms with Gasteiger partial charge in [0.05, 0.1) is 12.5 Å². The summed E-state index contributed by atoms with van der Waals surface area (Å²) >= 11 is 0. The van der Waals surface area contributed by atoms with E-state index in [4.69, 9.17) is 14.2 Å². The fraction of sp³-hybridized carbons (Fsp3) is 0.900. The molecular formula is C10H16O5. The molecule has 2 fully saturated rings. The van der Waals surface area contributed by atoms with Crippen LogP contribution in [-0.2, 0) is 19.0 Å². The Hall–Kier alpha value is -0.650. The summed E-state index contributed by atoms with van der Waals surface area (Å²) in [6, 6.07) is 0. The van der Waals surface area contributed by atoms with Crippen LogP contribution in [0.25, 0.3) is 0 Å². The first-order valence-corrected chi connectivity index (χ1v) is 5.31. The summed E-state index contributed by atoms with van der Waals surface area (Å²) in [7, 11) is 0. The van der Waals surface area contributed by atoms with E-state index < -0.39 is 18.5 Å². The van der Waals surface area contributed by atoms with Gasteiger partial charge in [-0.05, 0) is 19.8 Å². The standard InChI is InChI=1S/C10H16O5/c1-6-9-10(12)15-7(3-2-4-13-9)5-8(11)14-6/h6-7,9-10,12H,2-5H2,1H3. The highest BCUT2D eigenvalue weighted by Gasteiger charge is 2.36. The molecular weight excluding hydrogens is 200 g/mol. The highest BCUT2D eigenvalue weighted by atomic mass is 16.7. The Kier molecular flexibility index (Phi) is 3.23. The smallest absolute Gasteiger partial charge is 0.308 e. The van der Waals surface area contributed by atoms with E-state index in [9.17, 15) is 9.90 Å². The Morgan fingerprint density at radius 2 is 2.27 bits per heavy atom. The number of carbonyl (C=O) groups is 1. The number of esters is 1. The van der Waals surface area contributed by atoms with Crippen molar-refractivity contribution >= 4 is 5.97 Å². The summed E-state index contributed by atoms with van der Waals surface area (Å²) in [5.41, 5.74) is 0. The normalized spacial score (nSPS) is 42.4. The van der Waals surface area contributed by atoms with Crippen molar-refractivity contribution in [1.29, 1.82) is 0 Å². The minimum Gasteiger partial charge on any atom is -0.460 e. The third kappa shape index (κ3) is 2.48. The Balaban J connectivity index is 2.15. The van der Waals surface area contributed by atoms with Gasteiger partial charge >= 0.3 is 5.97 Å². The Labute approximate surface area is 88.3 Å². The lowest BCUT2D eigenvalue weighted by molar-refractivity contribution is -0.250. The van der Waals surface area contributed by atoms with E-state index >= 15 is 0 Å². The number of hydrogen-bond acceptors (Lipinski definition) is 5. The zero-order valence-electron chi connectivity index (χ0n) is 8.72. The van der Waals surface area contributed by atoms with Crippen molar-refractivity contribution in [3.05, 3.63) is 0 Å². The molecule has 0 radical (unpaired) electrons. The summed E-state index contributed by atoms with van der Waals surface area (Å²) in [5, 5.41) is 9.73. The zero-order chi connectivity index (χ0) is 10.8. The number of ether oxygens (including phenoxy) is 3. The minimum atomic E-state index is -1.00. The van der Waals surface area contributed by atoms with Gasteiger partial charge in [-0.1, -0.05) is 0 Å². The molecule has 4 atom stereocenters. The van der Waals surface area contributed by atoms with Crippen LogP contribution in [-0.4, -0.2) is 42.3 Å². The average Bonchev–Trinajstić information content (AvgIpc) is 2.12. The van der Waals surface area contributed by atoms with E-state index in [1.165, 1.54) is 0 Å². The molecule has 0 aromatic heterocycles. The maximum absolute atomic E-state index is 11.4. The third-order valence-electron chi connectivity index (χ3n) is 2.77. The van der Waals surface area contributed by atoms with Crippen LogP contribution in [0, 0.1) is 0 Å². The predicted molar refractivity (Wildman–Crippen MR) is 50.0 cm³/mol. The van der Waals surface area contributed by atoms with E-state index in [1.807, 2.05) is 0 Å². The topological polar surface area (TPSA) is 65.0 Å². The zero-order valence-corrected chi connectivity index (χ0v) is 8.72. The Morgan fingerprint density at radius 3 is 3.07 bits per heavy atom. The molecule has 0 aromatic rings. The van der Waals surface area contributed by atoms with Gasteiger partial charge < -0.3 is 19.3 Å². The second-order valence-corrected chi connectivity index (χ2v) is 4.03. The second-order valence-electron chi connectivity index (χ2n) is 4.03. The number of rotatable bonds is 0. The second kappa shape index (κ2) is 4.47. The van der Waals surface area contributed by atoms with E-state index in [2.05, 4.69) is 0 Å². The Morgan fingerprint density at radius 1 is 1.47 bits per heavy atom. The number of fused-ring (bicyclic) bond motifs is 3. The van der Waals surface area contributed by atoms with Crippen molar-refractivity contribution in [1.82, 2.24) is 0 Å². The number of aliphatic hydroxyl groups excluding tert-OH is 1. The molecule has 15 heavy (non-hydrogen) atoms. The van der Waals surface area contributed by atoms with Gasteiger partial charge in [0.1, 0.15) is 12.2 Å². The van der Waals surface area contributed by atoms with Gasteiger partial charge in [0, 0.05) is 6.61 Å². The molecule has 0 aliphatic carbocycles. The fourth-order valence-electron chi connectivity index (χ4n) is 1.98. The molecule has 0 aromatic carbocycles. The molecule has 2 aliphatic heterocycles. The van der Waals surface area contributed by atoms with E-state index in [0.29, 0.717) is 13.0 Å². The van der Waals surface area contributed by atoms with E-state index in [-0.39, 0.29) is 18.5 Å². The van der Waals surface area contributed by atoms with Crippen molar-refractivity contribution in [2.75, 3.05) is 6.61 Å². The monoisotopic (exact) mass is 216 g/mol.